The molecule has 0 heterocycles. The second kappa shape index (κ2) is 11.5. The zero-order chi connectivity index (χ0) is 20.4. The largest absolute Gasteiger partial charge is 0.354 e. The minimum Gasteiger partial charge on any atom is -0.354 e. The van der Waals surface area contributed by atoms with E-state index in [0.717, 1.165) is 17.0 Å². The van der Waals surface area contributed by atoms with E-state index in [1.165, 1.54) is 5.56 Å². The molecule has 2 aromatic rings. The highest BCUT2D eigenvalue weighted by Gasteiger charge is 2.14. The monoisotopic (exact) mass is 399 g/mol. The molecule has 5 nitrogen and oxygen atoms in total. The van der Waals surface area contributed by atoms with Crippen molar-refractivity contribution in [2.45, 2.75) is 24.2 Å². The zero-order valence-corrected chi connectivity index (χ0v) is 17.6. The molecule has 1 atom stereocenters. The van der Waals surface area contributed by atoms with Gasteiger partial charge in [-0.15, -0.1) is 11.8 Å². The lowest BCUT2D eigenvalue weighted by Gasteiger charge is -2.19. The number of nitrogens with one attached hydrogen (secondary N) is 2. The third kappa shape index (κ3) is 7.02. The van der Waals surface area contributed by atoms with Gasteiger partial charge in [-0.2, -0.15) is 0 Å². The fourth-order valence-electron chi connectivity index (χ4n) is 3.00. The van der Waals surface area contributed by atoms with Crippen molar-refractivity contribution in [1.29, 1.82) is 0 Å². The summed E-state index contributed by atoms with van der Waals surface area (Å²) in [5, 5.41) is 5.90. The molecule has 0 radical (unpaired) electrons. The topological polar surface area (TPSA) is 61.4 Å². The number of likely N-dealkylation sites (N-methyl/N-ethyl adjacent to an activating group) is 1. The van der Waals surface area contributed by atoms with Gasteiger partial charge in [-0.1, -0.05) is 49.4 Å². The van der Waals surface area contributed by atoms with Crippen molar-refractivity contribution in [2.75, 3.05) is 38.3 Å². The van der Waals surface area contributed by atoms with Crippen molar-refractivity contribution >= 4 is 29.3 Å². The maximum atomic E-state index is 12.3. The number of para-hydroxylation sites is 1. The molecule has 2 rings (SSSR count). The van der Waals surface area contributed by atoms with E-state index in [1.54, 1.807) is 23.7 Å². The SMILES string of the molecule is CC[C@H](CNC(=O)CN(C)CC(=O)Nc1ccccc1SC)c1ccccc1. The number of benzene rings is 2. The molecule has 0 spiro atoms. The summed E-state index contributed by atoms with van der Waals surface area (Å²) in [6.07, 6.45) is 2.93. The van der Waals surface area contributed by atoms with Gasteiger partial charge in [-0.3, -0.25) is 14.5 Å². The molecule has 6 heteroatoms. The smallest absolute Gasteiger partial charge is 0.238 e. The lowest BCUT2D eigenvalue weighted by Crippen LogP contribution is -2.40. The quantitative estimate of drug-likeness (QED) is 0.600. The van der Waals surface area contributed by atoms with Gasteiger partial charge < -0.3 is 10.6 Å². The van der Waals surface area contributed by atoms with Crippen LogP contribution in [0.15, 0.2) is 59.5 Å². The molecule has 2 amide bonds. The summed E-state index contributed by atoms with van der Waals surface area (Å²) in [6, 6.07) is 17.9. The van der Waals surface area contributed by atoms with Crippen LogP contribution in [0.5, 0.6) is 0 Å². The molecule has 0 fully saturated rings. The predicted octanol–water partition coefficient (Wildman–Crippen LogP) is 3.59. The van der Waals surface area contributed by atoms with Gasteiger partial charge in [0.05, 0.1) is 18.8 Å². The summed E-state index contributed by atoms with van der Waals surface area (Å²) in [4.78, 5) is 27.3. The summed E-state index contributed by atoms with van der Waals surface area (Å²) < 4.78 is 0. The van der Waals surface area contributed by atoms with Crippen LogP contribution in [-0.2, 0) is 9.59 Å². The number of rotatable bonds is 10. The van der Waals surface area contributed by atoms with Crippen molar-refractivity contribution < 1.29 is 9.59 Å². The number of carbonyl (C=O) groups is 2. The Balaban J connectivity index is 1.78. The lowest BCUT2D eigenvalue weighted by atomic mass is 9.96. The Labute approximate surface area is 171 Å². The van der Waals surface area contributed by atoms with Crippen LogP contribution in [0.25, 0.3) is 0 Å². The maximum absolute atomic E-state index is 12.3. The first-order valence-corrected chi connectivity index (χ1v) is 10.7. The third-order valence-corrected chi connectivity index (χ3v) is 5.31. The number of amides is 2. The fourth-order valence-corrected chi connectivity index (χ4v) is 3.55. The summed E-state index contributed by atoms with van der Waals surface area (Å²) in [5.74, 6) is 0.0866. The van der Waals surface area contributed by atoms with E-state index in [0.29, 0.717) is 12.5 Å². The number of thioether (sulfide) groups is 1. The molecule has 0 aliphatic heterocycles. The molecule has 0 aliphatic carbocycles. The molecular formula is C22H29N3O2S. The van der Waals surface area contributed by atoms with Crippen molar-refractivity contribution in [3.8, 4) is 0 Å². The first-order chi connectivity index (χ1) is 13.5. The van der Waals surface area contributed by atoms with E-state index in [2.05, 4.69) is 29.7 Å². The molecule has 0 saturated carbocycles. The van der Waals surface area contributed by atoms with Gasteiger partial charge >= 0.3 is 0 Å². The molecule has 0 aromatic heterocycles. The average molecular weight is 400 g/mol. The predicted molar refractivity (Wildman–Crippen MR) is 117 cm³/mol. The maximum Gasteiger partial charge on any atom is 0.238 e. The van der Waals surface area contributed by atoms with Crippen LogP contribution in [0.4, 0.5) is 5.69 Å². The first kappa shape index (κ1) is 22.0. The van der Waals surface area contributed by atoms with E-state index >= 15 is 0 Å². The van der Waals surface area contributed by atoms with Crippen LogP contribution in [0.2, 0.25) is 0 Å². The molecule has 28 heavy (non-hydrogen) atoms. The number of hydrogen-bond donors (Lipinski definition) is 2. The Bertz CT molecular complexity index is 767. The van der Waals surface area contributed by atoms with Gasteiger partial charge in [-0.25, -0.2) is 0 Å². The highest BCUT2D eigenvalue weighted by molar-refractivity contribution is 7.98. The molecule has 0 unspecified atom stereocenters. The minimum absolute atomic E-state index is 0.0748. The zero-order valence-electron chi connectivity index (χ0n) is 16.8. The van der Waals surface area contributed by atoms with E-state index in [1.807, 2.05) is 48.7 Å². The average Bonchev–Trinajstić information content (AvgIpc) is 2.69. The molecule has 0 saturated heterocycles. The normalized spacial score (nSPS) is 11.9. The standard InChI is InChI=1S/C22H29N3O2S/c1-4-17(18-10-6-5-7-11-18)14-23-21(26)15-25(2)16-22(27)24-19-12-8-9-13-20(19)28-3/h5-13,17H,4,14-16H2,1-3H3,(H,23,26)(H,24,27)/t17-/m1/s1. The van der Waals surface area contributed by atoms with Crippen LogP contribution in [0.1, 0.15) is 24.8 Å². The van der Waals surface area contributed by atoms with E-state index in [4.69, 9.17) is 0 Å². The van der Waals surface area contributed by atoms with Gasteiger partial charge in [0.15, 0.2) is 0 Å². The van der Waals surface area contributed by atoms with Crippen molar-refractivity contribution in [1.82, 2.24) is 10.2 Å². The summed E-state index contributed by atoms with van der Waals surface area (Å²) in [7, 11) is 1.77. The molecule has 2 aromatic carbocycles. The van der Waals surface area contributed by atoms with Crippen molar-refractivity contribution in [3.63, 3.8) is 0 Å². The Kier molecular flexibility index (Phi) is 9.04. The Morgan fingerprint density at radius 3 is 2.32 bits per heavy atom. The highest BCUT2D eigenvalue weighted by Crippen LogP contribution is 2.24. The van der Waals surface area contributed by atoms with Gasteiger partial charge in [0, 0.05) is 17.4 Å². The van der Waals surface area contributed by atoms with Crippen LogP contribution in [0.3, 0.4) is 0 Å². The van der Waals surface area contributed by atoms with E-state index in [-0.39, 0.29) is 24.9 Å². The van der Waals surface area contributed by atoms with Crippen LogP contribution < -0.4 is 10.6 Å². The molecular weight excluding hydrogens is 370 g/mol. The Morgan fingerprint density at radius 2 is 1.64 bits per heavy atom. The minimum atomic E-state index is -0.132. The number of anilines is 1. The van der Waals surface area contributed by atoms with Crippen molar-refractivity contribution in [2.24, 2.45) is 0 Å². The van der Waals surface area contributed by atoms with E-state index < -0.39 is 0 Å². The first-order valence-electron chi connectivity index (χ1n) is 9.46. The van der Waals surface area contributed by atoms with Crippen LogP contribution >= 0.6 is 11.8 Å². The van der Waals surface area contributed by atoms with Crippen LogP contribution in [-0.4, -0.2) is 49.7 Å². The number of carbonyl (C=O) groups excluding carboxylic acids is 2. The van der Waals surface area contributed by atoms with Gasteiger partial charge in [0.1, 0.15) is 0 Å². The summed E-state index contributed by atoms with van der Waals surface area (Å²) >= 11 is 1.58. The number of nitrogens with zero attached hydrogens (tertiary/aromatic N) is 1. The molecule has 0 bridgehead atoms. The summed E-state index contributed by atoms with van der Waals surface area (Å²) in [6.45, 7) is 3.06. The molecule has 150 valence electrons. The molecule has 2 N–H and O–H groups in total. The lowest BCUT2D eigenvalue weighted by molar-refractivity contribution is -0.123. The van der Waals surface area contributed by atoms with Gasteiger partial charge in [-0.05, 0) is 37.4 Å². The van der Waals surface area contributed by atoms with Gasteiger partial charge in [0.25, 0.3) is 0 Å². The fraction of sp³-hybridized carbons (Fsp3) is 0.364. The highest BCUT2D eigenvalue weighted by atomic mass is 32.2. The van der Waals surface area contributed by atoms with Crippen LogP contribution in [0, 0.1) is 0 Å². The van der Waals surface area contributed by atoms with Crippen molar-refractivity contribution in [3.05, 3.63) is 60.2 Å². The third-order valence-electron chi connectivity index (χ3n) is 4.52. The van der Waals surface area contributed by atoms with Gasteiger partial charge in [0.2, 0.25) is 11.8 Å². The second-order valence-corrected chi connectivity index (χ2v) is 7.59. The summed E-state index contributed by atoms with van der Waals surface area (Å²) in [5.41, 5.74) is 2.02. The Morgan fingerprint density at radius 1 is 1.00 bits per heavy atom. The number of hydrogen-bond acceptors (Lipinski definition) is 4. The second-order valence-electron chi connectivity index (χ2n) is 6.74. The Hall–Kier alpha value is -2.31. The molecule has 0 aliphatic rings. The van der Waals surface area contributed by atoms with E-state index in [9.17, 15) is 9.59 Å².